The summed E-state index contributed by atoms with van der Waals surface area (Å²) in [6, 6.07) is 7.40. The van der Waals surface area contributed by atoms with E-state index in [-0.39, 0.29) is 5.91 Å². The molecule has 0 aliphatic rings. The summed E-state index contributed by atoms with van der Waals surface area (Å²) in [7, 11) is 1.61. The van der Waals surface area contributed by atoms with Gasteiger partial charge < -0.3 is 14.8 Å². The number of benzene rings is 1. The van der Waals surface area contributed by atoms with Crippen LogP contribution in [-0.4, -0.2) is 30.2 Å². The highest BCUT2D eigenvalue weighted by Crippen LogP contribution is 2.31. The van der Waals surface area contributed by atoms with Gasteiger partial charge in [0.25, 0.3) is 5.91 Å². The number of hydrogen-bond acceptors (Lipinski definition) is 4. The molecule has 1 amide bonds. The van der Waals surface area contributed by atoms with Crippen LogP contribution in [0.5, 0.6) is 5.75 Å². The molecule has 5 nitrogen and oxygen atoms in total. The van der Waals surface area contributed by atoms with E-state index in [4.69, 9.17) is 9.47 Å². The molecule has 1 atom stereocenters. The van der Waals surface area contributed by atoms with Gasteiger partial charge in [-0.2, -0.15) is 0 Å². The fraction of sp³-hybridized carbons (Fsp3) is 0.474. The van der Waals surface area contributed by atoms with E-state index in [0.717, 1.165) is 10.9 Å². The number of ether oxygens (including phenoxy) is 2. The van der Waals surface area contributed by atoms with Gasteiger partial charge in [-0.15, -0.1) is 0 Å². The lowest BCUT2D eigenvalue weighted by Gasteiger charge is -2.30. The van der Waals surface area contributed by atoms with E-state index < -0.39 is 5.60 Å². The highest BCUT2D eigenvalue weighted by molar-refractivity contribution is 6.05. The third kappa shape index (κ3) is 3.85. The minimum Gasteiger partial charge on any atom is -0.494 e. The average Bonchev–Trinajstić information content (AvgIpc) is 2.54. The lowest BCUT2D eigenvalue weighted by molar-refractivity contribution is -0.140. The largest absolute Gasteiger partial charge is 0.494 e. The quantitative estimate of drug-likeness (QED) is 0.833. The summed E-state index contributed by atoms with van der Waals surface area (Å²) in [4.78, 5) is 17.2. The van der Waals surface area contributed by atoms with Gasteiger partial charge in [-0.3, -0.25) is 9.78 Å². The average molecular weight is 330 g/mol. The van der Waals surface area contributed by atoms with E-state index in [9.17, 15) is 4.79 Å². The van der Waals surface area contributed by atoms with Crippen LogP contribution in [0.1, 0.15) is 34.1 Å². The third-order valence-electron chi connectivity index (χ3n) is 3.94. The molecule has 0 radical (unpaired) electrons. The molecule has 0 saturated carbocycles. The van der Waals surface area contributed by atoms with Gasteiger partial charge in [0, 0.05) is 18.2 Å². The van der Waals surface area contributed by atoms with Crippen LogP contribution in [0.15, 0.2) is 30.5 Å². The summed E-state index contributed by atoms with van der Waals surface area (Å²) >= 11 is 0. The van der Waals surface area contributed by atoms with Gasteiger partial charge in [-0.1, -0.05) is 13.8 Å². The van der Waals surface area contributed by atoms with E-state index in [2.05, 4.69) is 24.1 Å². The van der Waals surface area contributed by atoms with Crippen molar-refractivity contribution in [3.8, 4) is 5.75 Å². The Labute approximate surface area is 143 Å². The standard InChI is InChI=1S/C19H26N2O3/c1-6-24-19(4,12-13(2)3)18(22)21-15-9-10-16(23-5)17-14(15)8-7-11-20-17/h7-11,13H,6,12H2,1-5H3,(H,21,22)/t19-/m0/s1. The predicted octanol–water partition coefficient (Wildman–Crippen LogP) is 4.02. The van der Waals surface area contributed by atoms with Gasteiger partial charge >= 0.3 is 0 Å². The van der Waals surface area contributed by atoms with Crippen molar-refractivity contribution in [2.24, 2.45) is 5.92 Å². The van der Waals surface area contributed by atoms with Crippen molar-refractivity contribution in [2.75, 3.05) is 19.0 Å². The number of carbonyl (C=O) groups is 1. The molecule has 1 aromatic heterocycles. The number of hydrogen-bond donors (Lipinski definition) is 1. The minimum atomic E-state index is -0.864. The molecular weight excluding hydrogens is 304 g/mol. The van der Waals surface area contributed by atoms with Gasteiger partial charge in [0.2, 0.25) is 0 Å². The predicted molar refractivity (Wildman–Crippen MR) is 96.4 cm³/mol. The van der Waals surface area contributed by atoms with Crippen LogP contribution in [0.2, 0.25) is 0 Å². The number of aromatic nitrogens is 1. The number of pyridine rings is 1. The maximum absolute atomic E-state index is 12.9. The van der Waals surface area contributed by atoms with Gasteiger partial charge in [0.05, 0.1) is 12.8 Å². The molecule has 1 heterocycles. The van der Waals surface area contributed by atoms with E-state index in [1.807, 2.05) is 38.1 Å². The normalized spacial score (nSPS) is 13.8. The molecule has 2 rings (SSSR count). The zero-order valence-corrected chi connectivity index (χ0v) is 15.1. The molecule has 0 unspecified atom stereocenters. The van der Waals surface area contributed by atoms with Crippen molar-refractivity contribution >= 4 is 22.5 Å². The fourth-order valence-corrected chi connectivity index (χ4v) is 2.99. The first-order valence-corrected chi connectivity index (χ1v) is 8.28. The van der Waals surface area contributed by atoms with E-state index in [0.29, 0.717) is 30.4 Å². The fourth-order valence-electron chi connectivity index (χ4n) is 2.99. The van der Waals surface area contributed by atoms with Crippen LogP contribution in [0.25, 0.3) is 10.9 Å². The van der Waals surface area contributed by atoms with Crippen LogP contribution in [0, 0.1) is 5.92 Å². The number of methoxy groups -OCH3 is 1. The Kier molecular flexibility index (Phi) is 5.78. The van der Waals surface area contributed by atoms with Crippen LogP contribution in [0.4, 0.5) is 5.69 Å². The van der Waals surface area contributed by atoms with Crippen molar-refractivity contribution in [1.29, 1.82) is 0 Å². The second-order valence-corrected chi connectivity index (χ2v) is 6.43. The lowest BCUT2D eigenvalue weighted by Crippen LogP contribution is -2.44. The highest BCUT2D eigenvalue weighted by Gasteiger charge is 2.35. The second kappa shape index (κ2) is 7.62. The maximum atomic E-state index is 12.9. The number of carbonyl (C=O) groups excluding carboxylic acids is 1. The SMILES string of the molecule is CCO[C@@](C)(CC(C)C)C(=O)Nc1ccc(OC)c2ncccc12. The smallest absolute Gasteiger partial charge is 0.256 e. The summed E-state index contributed by atoms with van der Waals surface area (Å²) < 4.78 is 11.1. The molecule has 1 aromatic carbocycles. The number of nitrogens with zero attached hydrogens (tertiary/aromatic N) is 1. The zero-order chi connectivity index (χ0) is 17.7. The first-order valence-electron chi connectivity index (χ1n) is 8.28. The highest BCUT2D eigenvalue weighted by atomic mass is 16.5. The molecule has 0 spiro atoms. The Bertz CT molecular complexity index is 715. The molecular formula is C19H26N2O3. The van der Waals surface area contributed by atoms with Gasteiger partial charge in [-0.05, 0) is 50.5 Å². The summed E-state index contributed by atoms with van der Waals surface area (Å²) in [6.45, 7) is 8.39. The molecule has 0 saturated heterocycles. The monoisotopic (exact) mass is 330 g/mol. The number of amides is 1. The molecule has 0 fully saturated rings. The molecule has 0 aliphatic heterocycles. The van der Waals surface area contributed by atoms with Crippen molar-refractivity contribution in [3.63, 3.8) is 0 Å². The van der Waals surface area contributed by atoms with Gasteiger partial charge in [-0.25, -0.2) is 0 Å². The first-order chi connectivity index (χ1) is 11.4. The van der Waals surface area contributed by atoms with E-state index in [1.54, 1.807) is 13.3 Å². The Balaban J connectivity index is 2.36. The van der Waals surface area contributed by atoms with Crippen LogP contribution in [-0.2, 0) is 9.53 Å². The van der Waals surface area contributed by atoms with Gasteiger partial charge in [0.15, 0.2) is 0 Å². The Morgan fingerprint density at radius 1 is 1.33 bits per heavy atom. The summed E-state index contributed by atoms with van der Waals surface area (Å²) in [6.07, 6.45) is 2.36. The Morgan fingerprint density at radius 2 is 2.08 bits per heavy atom. The topological polar surface area (TPSA) is 60.5 Å². The van der Waals surface area contributed by atoms with Crippen molar-refractivity contribution in [3.05, 3.63) is 30.5 Å². The first kappa shape index (κ1) is 18.2. The molecule has 130 valence electrons. The minimum absolute atomic E-state index is 0.145. The zero-order valence-electron chi connectivity index (χ0n) is 15.1. The molecule has 0 bridgehead atoms. The Morgan fingerprint density at radius 3 is 2.71 bits per heavy atom. The van der Waals surface area contributed by atoms with Crippen LogP contribution >= 0.6 is 0 Å². The molecule has 0 aliphatic carbocycles. The number of nitrogens with one attached hydrogen (secondary N) is 1. The molecule has 5 heteroatoms. The number of anilines is 1. The van der Waals surface area contributed by atoms with Crippen molar-refractivity contribution < 1.29 is 14.3 Å². The van der Waals surface area contributed by atoms with E-state index >= 15 is 0 Å². The van der Waals surface area contributed by atoms with Crippen LogP contribution < -0.4 is 10.1 Å². The maximum Gasteiger partial charge on any atom is 0.256 e. The lowest BCUT2D eigenvalue weighted by atomic mass is 9.93. The number of rotatable bonds is 7. The van der Waals surface area contributed by atoms with Gasteiger partial charge in [0.1, 0.15) is 16.9 Å². The molecule has 24 heavy (non-hydrogen) atoms. The van der Waals surface area contributed by atoms with Crippen LogP contribution in [0.3, 0.4) is 0 Å². The van der Waals surface area contributed by atoms with Crippen molar-refractivity contribution in [1.82, 2.24) is 4.98 Å². The third-order valence-corrected chi connectivity index (χ3v) is 3.94. The molecule has 2 aromatic rings. The summed E-state index contributed by atoms with van der Waals surface area (Å²) in [5.41, 5.74) is 0.565. The molecule has 1 N–H and O–H groups in total. The Hall–Kier alpha value is -2.14. The summed E-state index contributed by atoms with van der Waals surface area (Å²) in [5.74, 6) is 0.883. The summed E-state index contributed by atoms with van der Waals surface area (Å²) in [5, 5.41) is 3.85. The van der Waals surface area contributed by atoms with E-state index in [1.165, 1.54) is 0 Å². The second-order valence-electron chi connectivity index (χ2n) is 6.43. The van der Waals surface area contributed by atoms with Crippen molar-refractivity contribution in [2.45, 2.75) is 39.7 Å². The number of fused-ring (bicyclic) bond motifs is 1.